The van der Waals surface area contributed by atoms with Gasteiger partial charge in [-0.2, -0.15) is 0 Å². The minimum atomic E-state index is -0.106. The number of benzene rings is 1. The zero-order chi connectivity index (χ0) is 11.3. The minimum absolute atomic E-state index is 0.106. The molecule has 1 aromatic carbocycles. The van der Waals surface area contributed by atoms with Crippen LogP contribution < -0.4 is 5.69 Å². The van der Waals surface area contributed by atoms with Gasteiger partial charge in [-0.15, -0.1) is 0 Å². The van der Waals surface area contributed by atoms with Gasteiger partial charge in [-0.1, -0.05) is 11.6 Å². The number of hydrogen-bond donors (Lipinski definition) is 1. The van der Waals surface area contributed by atoms with Crippen LogP contribution in [0.25, 0.3) is 21.9 Å². The van der Waals surface area contributed by atoms with Crippen LogP contribution in [0.4, 0.5) is 0 Å². The Balaban J connectivity index is 2.66. The van der Waals surface area contributed by atoms with Gasteiger partial charge < -0.3 is 4.98 Å². The van der Waals surface area contributed by atoms with Crippen LogP contribution in [0.1, 0.15) is 5.56 Å². The van der Waals surface area contributed by atoms with Gasteiger partial charge in [0, 0.05) is 12.4 Å². The van der Waals surface area contributed by atoms with Crippen molar-refractivity contribution in [2.24, 2.45) is 7.05 Å². The van der Waals surface area contributed by atoms with Crippen LogP contribution in [-0.2, 0) is 7.05 Å². The Labute approximate surface area is 91.5 Å². The maximum absolute atomic E-state index is 11.5. The van der Waals surface area contributed by atoms with Crippen LogP contribution in [0, 0.1) is 6.92 Å². The minimum Gasteiger partial charge on any atom is -0.304 e. The van der Waals surface area contributed by atoms with Crippen LogP contribution in [0.2, 0.25) is 0 Å². The average Bonchev–Trinajstić information content (AvgIpc) is 2.55. The van der Waals surface area contributed by atoms with Gasteiger partial charge in [-0.05, 0) is 19.1 Å². The first-order valence-corrected chi connectivity index (χ1v) is 5.11. The number of aromatic amines is 1. The molecule has 16 heavy (non-hydrogen) atoms. The van der Waals surface area contributed by atoms with E-state index in [1.54, 1.807) is 17.8 Å². The van der Waals surface area contributed by atoms with Gasteiger partial charge in [-0.3, -0.25) is 9.55 Å². The third kappa shape index (κ3) is 1.10. The quantitative estimate of drug-likeness (QED) is 0.618. The van der Waals surface area contributed by atoms with Gasteiger partial charge in [0.2, 0.25) is 0 Å². The topological polar surface area (TPSA) is 50.7 Å². The molecule has 3 aromatic rings. The summed E-state index contributed by atoms with van der Waals surface area (Å²) in [4.78, 5) is 18.7. The van der Waals surface area contributed by atoms with Crippen molar-refractivity contribution in [3.63, 3.8) is 0 Å². The molecular formula is C12H11N3O. The lowest BCUT2D eigenvalue weighted by Gasteiger charge is -2.01. The van der Waals surface area contributed by atoms with E-state index in [1.165, 1.54) is 0 Å². The number of nitrogens with one attached hydrogen (secondary N) is 1. The smallest absolute Gasteiger partial charge is 0.304 e. The molecule has 0 radical (unpaired) electrons. The predicted octanol–water partition coefficient (Wildman–Crippen LogP) is 1.72. The molecule has 0 unspecified atom stereocenters. The normalized spacial score (nSPS) is 11.4. The standard InChI is InChI=1S/C12H11N3O/c1-7-3-4-9-8(5-7)11-10(6-13-9)14-12(16)15(11)2/h3-6H,1-2H3,(H,14,16). The second kappa shape index (κ2) is 2.95. The van der Waals surface area contributed by atoms with E-state index in [2.05, 4.69) is 16.0 Å². The van der Waals surface area contributed by atoms with Crippen molar-refractivity contribution in [1.82, 2.24) is 14.5 Å². The number of rotatable bonds is 0. The molecule has 0 spiro atoms. The number of fused-ring (bicyclic) bond motifs is 3. The molecule has 3 rings (SSSR count). The molecule has 4 heteroatoms. The van der Waals surface area contributed by atoms with Crippen LogP contribution in [0.3, 0.4) is 0 Å². The molecule has 4 nitrogen and oxygen atoms in total. The van der Waals surface area contributed by atoms with E-state index in [4.69, 9.17) is 0 Å². The summed E-state index contributed by atoms with van der Waals surface area (Å²) in [6.07, 6.45) is 1.70. The first-order valence-electron chi connectivity index (χ1n) is 5.11. The van der Waals surface area contributed by atoms with E-state index in [9.17, 15) is 4.79 Å². The Hall–Kier alpha value is -2.10. The number of pyridine rings is 1. The Morgan fingerprint density at radius 3 is 3.00 bits per heavy atom. The number of imidazole rings is 1. The lowest BCUT2D eigenvalue weighted by Crippen LogP contribution is -2.11. The highest BCUT2D eigenvalue weighted by Crippen LogP contribution is 2.21. The third-order valence-corrected chi connectivity index (χ3v) is 2.88. The second-order valence-corrected chi connectivity index (χ2v) is 4.03. The van der Waals surface area contributed by atoms with Crippen molar-refractivity contribution in [2.45, 2.75) is 6.92 Å². The van der Waals surface area contributed by atoms with Gasteiger partial charge >= 0.3 is 5.69 Å². The van der Waals surface area contributed by atoms with E-state index >= 15 is 0 Å². The Bertz CT molecular complexity index is 752. The molecule has 80 valence electrons. The second-order valence-electron chi connectivity index (χ2n) is 4.03. The summed E-state index contributed by atoms with van der Waals surface area (Å²) in [6, 6.07) is 6.05. The Kier molecular flexibility index (Phi) is 1.68. The zero-order valence-electron chi connectivity index (χ0n) is 9.11. The van der Waals surface area contributed by atoms with E-state index in [0.29, 0.717) is 0 Å². The molecule has 0 amide bonds. The molecule has 0 atom stereocenters. The highest BCUT2D eigenvalue weighted by atomic mass is 16.1. The van der Waals surface area contributed by atoms with Gasteiger partial charge in [0.05, 0.1) is 22.7 Å². The predicted molar refractivity (Wildman–Crippen MR) is 63.6 cm³/mol. The molecule has 0 saturated heterocycles. The van der Waals surface area contributed by atoms with Gasteiger partial charge in [-0.25, -0.2) is 4.79 Å². The van der Waals surface area contributed by atoms with E-state index in [1.807, 2.05) is 19.1 Å². The largest absolute Gasteiger partial charge is 0.326 e. The maximum Gasteiger partial charge on any atom is 0.326 e. The molecule has 0 aliphatic rings. The summed E-state index contributed by atoms with van der Waals surface area (Å²) in [6.45, 7) is 2.03. The third-order valence-electron chi connectivity index (χ3n) is 2.88. The van der Waals surface area contributed by atoms with Crippen molar-refractivity contribution in [2.75, 3.05) is 0 Å². The van der Waals surface area contributed by atoms with Crippen LogP contribution in [-0.4, -0.2) is 14.5 Å². The van der Waals surface area contributed by atoms with Gasteiger partial charge in [0.25, 0.3) is 0 Å². The molecule has 2 heterocycles. The fraction of sp³-hybridized carbons (Fsp3) is 0.167. The first kappa shape index (κ1) is 9.15. The summed E-state index contributed by atoms with van der Waals surface area (Å²) in [5, 5.41) is 1.01. The van der Waals surface area contributed by atoms with Crippen molar-refractivity contribution in [3.8, 4) is 0 Å². The number of aryl methyl sites for hydroxylation is 2. The van der Waals surface area contributed by atoms with Gasteiger partial charge in [0.15, 0.2) is 0 Å². The number of H-pyrrole nitrogens is 1. The van der Waals surface area contributed by atoms with E-state index in [0.717, 1.165) is 27.5 Å². The molecular weight excluding hydrogens is 202 g/mol. The molecule has 2 aromatic heterocycles. The molecule has 0 aliphatic carbocycles. The summed E-state index contributed by atoms with van der Waals surface area (Å²) >= 11 is 0. The van der Waals surface area contributed by atoms with Crippen molar-refractivity contribution in [1.29, 1.82) is 0 Å². The lowest BCUT2D eigenvalue weighted by molar-refractivity contribution is 0.894. The highest BCUT2D eigenvalue weighted by molar-refractivity contribution is 6.02. The maximum atomic E-state index is 11.5. The average molecular weight is 213 g/mol. The molecule has 0 saturated carbocycles. The fourth-order valence-corrected chi connectivity index (χ4v) is 2.05. The fourth-order valence-electron chi connectivity index (χ4n) is 2.05. The first-order chi connectivity index (χ1) is 7.66. The van der Waals surface area contributed by atoms with Gasteiger partial charge in [0.1, 0.15) is 0 Å². The summed E-state index contributed by atoms with van der Waals surface area (Å²) in [5.74, 6) is 0. The van der Waals surface area contributed by atoms with Crippen LogP contribution >= 0.6 is 0 Å². The molecule has 0 aliphatic heterocycles. The van der Waals surface area contributed by atoms with E-state index < -0.39 is 0 Å². The van der Waals surface area contributed by atoms with Crippen molar-refractivity contribution < 1.29 is 0 Å². The van der Waals surface area contributed by atoms with Crippen molar-refractivity contribution in [3.05, 3.63) is 40.4 Å². The van der Waals surface area contributed by atoms with Crippen LogP contribution in [0.15, 0.2) is 29.2 Å². The highest BCUT2D eigenvalue weighted by Gasteiger charge is 2.08. The number of aromatic nitrogens is 3. The summed E-state index contributed by atoms with van der Waals surface area (Å²) < 4.78 is 1.62. The lowest BCUT2D eigenvalue weighted by atomic mass is 10.1. The Morgan fingerprint density at radius 2 is 2.19 bits per heavy atom. The van der Waals surface area contributed by atoms with Crippen molar-refractivity contribution >= 4 is 21.9 Å². The number of nitrogens with zero attached hydrogens (tertiary/aromatic N) is 2. The SMILES string of the molecule is Cc1ccc2ncc3[nH]c(=O)n(C)c3c2c1. The summed E-state index contributed by atoms with van der Waals surface area (Å²) in [5.41, 5.74) is 3.67. The summed E-state index contributed by atoms with van der Waals surface area (Å²) in [7, 11) is 1.77. The van der Waals surface area contributed by atoms with Crippen LogP contribution in [0.5, 0.6) is 0 Å². The zero-order valence-corrected chi connectivity index (χ0v) is 9.11. The molecule has 1 N–H and O–H groups in total. The number of hydrogen-bond acceptors (Lipinski definition) is 2. The molecule has 0 bridgehead atoms. The van der Waals surface area contributed by atoms with E-state index in [-0.39, 0.29) is 5.69 Å². The molecule has 0 fully saturated rings. The Morgan fingerprint density at radius 1 is 1.38 bits per heavy atom. The monoisotopic (exact) mass is 213 g/mol.